The molecule has 0 fully saturated rings. The van der Waals surface area contributed by atoms with E-state index < -0.39 is 11.6 Å². The molecule has 7 heteroatoms. The Balaban J connectivity index is 1.80. The topological polar surface area (TPSA) is 118 Å². The smallest absolute Gasteiger partial charge is 0.343 e. The van der Waals surface area contributed by atoms with E-state index in [1.807, 2.05) is 0 Å². The van der Waals surface area contributed by atoms with E-state index in [9.17, 15) is 9.59 Å². The molecule has 4 N–H and O–H groups in total. The van der Waals surface area contributed by atoms with E-state index in [1.165, 1.54) is 6.07 Å². The van der Waals surface area contributed by atoms with Crippen LogP contribution in [0.3, 0.4) is 0 Å². The second-order valence-electron chi connectivity index (χ2n) is 5.42. The van der Waals surface area contributed by atoms with Crippen LogP contribution in [-0.2, 0) is 0 Å². The van der Waals surface area contributed by atoms with Crippen molar-refractivity contribution in [2.45, 2.75) is 6.92 Å². The third-order valence-corrected chi connectivity index (χ3v) is 3.49. The van der Waals surface area contributed by atoms with Crippen LogP contribution in [0.25, 0.3) is 11.0 Å². The number of fused-ring (bicyclic) bond motifs is 1. The first kappa shape index (κ1) is 16.3. The third-order valence-electron chi connectivity index (χ3n) is 3.49. The van der Waals surface area contributed by atoms with E-state index in [-0.39, 0.29) is 11.7 Å². The number of carbonyl (C=O) groups is 1. The lowest BCUT2D eigenvalue weighted by atomic mass is 10.2. The van der Waals surface area contributed by atoms with Crippen molar-refractivity contribution in [1.29, 1.82) is 5.41 Å². The van der Waals surface area contributed by atoms with Crippen LogP contribution in [0.4, 0.5) is 5.69 Å². The molecule has 1 aromatic heterocycles. The predicted molar refractivity (Wildman–Crippen MR) is 94.2 cm³/mol. The summed E-state index contributed by atoms with van der Waals surface area (Å²) < 4.78 is 10.5. The summed E-state index contributed by atoms with van der Waals surface area (Å²) in [5.74, 6) is -0.471. The number of guanidine groups is 1. The molecule has 0 spiro atoms. The van der Waals surface area contributed by atoms with Crippen molar-refractivity contribution < 1.29 is 13.9 Å². The molecule has 25 heavy (non-hydrogen) atoms. The van der Waals surface area contributed by atoms with Crippen molar-refractivity contribution in [2.24, 2.45) is 5.73 Å². The quantitative estimate of drug-likeness (QED) is 0.222. The monoisotopic (exact) mass is 337 g/mol. The first-order valence-corrected chi connectivity index (χ1v) is 7.40. The molecule has 0 unspecified atom stereocenters. The summed E-state index contributed by atoms with van der Waals surface area (Å²) in [6.07, 6.45) is 0. The van der Waals surface area contributed by atoms with Crippen LogP contribution < -0.4 is 21.4 Å². The Morgan fingerprint density at radius 2 is 1.88 bits per heavy atom. The zero-order chi connectivity index (χ0) is 18.0. The van der Waals surface area contributed by atoms with Gasteiger partial charge in [0.25, 0.3) is 0 Å². The van der Waals surface area contributed by atoms with Gasteiger partial charge >= 0.3 is 11.6 Å². The summed E-state index contributed by atoms with van der Waals surface area (Å²) in [7, 11) is 0. The normalized spacial score (nSPS) is 10.4. The van der Waals surface area contributed by atoms with Crippen molar-refractivity contribution in [3.63, 3.8) is 0 Å². The average Bonchev–Trinajstić information content (AvgIpc) is 2.56. The second-order valence-corrected chi connectivity index (χ2v) is 5.42. The van der Waals surface area contributed by atoms with E-state index >= 15 is 0 Å². The van der Waals surface area contributed by atoms with Gasteiger partial charge in [-0.2, -0.15) is 0 Å². The molecule has 126 valence electrons. The van der Waals surface area contributed by atoms with E-state index in [2.05, 4.69) is 5.32 Å². The lowest BCUT2D eigenvalue weighted by Crippen LogP contribution is -2.20. The molecule has 0 bridgehead atoms. The fourth-order valence-corrected chi connectivity index (χ4v) is 2.27. The highest BCUT2D eigenvalue weighted by molar-refractivity contribution is 5.93. The summed E-state index contributed by atoms with van der Waals surface area (Å²) in [6.45, 7) is 1.67. The first-order chi connectivity index (χ1) is 11.9. The van der Waals surface area contributed by atoms with Gasteiger partial charge in [-0.3, -0.25) is 5.41 Å². The molecule has 0 amide bonds. The van der Waals surface area contributed by atoms with Crippen LogP contribution >= 0.6 is 0 Å². The van der Waals surface area contributed by atoms with Gasteiger partial charge in [-0.05, 0) is 49.4 Å². The number of nitrogens with two attached hydrogens (primary N) is 1. The molecule has 1 heterocycles. The first-order valence-electron chi connectivity index (χ1n) is 7.40. The zero-order valence-electron chi connectivity index (χ0n) is 13.3. The van der Waals surface area contributed by atoms with E-state index in [0.717, 1.165) is 5.39 Å². The SMILES string of the molecule is Cc1cc2ccc(OC(=O)c3ccc(NC(=N)N)cc3)cc2oc1=O. The molecule has 0 aliphatic carbocycles. The maximum Gasteiger partial charge on any atom is 0.343 e. The molecule has 0 saturated heterocycles. The molecule has 3 aromatic rings. The molecule has 7 nitrogen and oxygen atoms in total. The Labute approximate surface area is 142 Å². The Kier molecular flexibility index (Phi) is 4.21. The number of anilines is 1. The molecule has 0 radical (unpaired) electrons. The average molecular weight is 337 g/mol. The van der Waals surface area contributed by atoms with Gasteiger partial charge < -0.3 is 20.2 Å². The fourth-order valence-electron chi connectivity index (χ4n) is 2.27. The summed E-state index contributed by atoms with van der Waals surface area (Å²) in [5, 5.41) is 10.5. The van der Waals surface area contributed by atoms with Gasteiger partial charge in [-0.1, -0.05) is 0 Å². The predicted octanol–water partition coefficient (Wildman–Crippen LogP) is 2.63. The second kappa shape index (κ2) is 6.48. The van der Waals surface area contributed by atoms with Crippen LogP contribution in [0.1, 0.15) is 15.9 Å². The van der Waals surface area contributed by atoms with Gasteiger partial charge in [-0.15, -0.1) is 0 Å². The largest absolute Gasteiger partial charge is 0.423 e. The molecular formula is C18H15N3O4. The third kappa shape index (κ3) is 3.66. The van der Waals surface area contributed by atoms with Crippen molar-refractivity contribution >= 4 is 28.6 Å². The number of hydrogen-bond donors (Lipinski definition) is 3. The Morgan fingerprint density at radius 1 is 1.16 bits per heavy atom. The van der Waals surface area contributed by atoms with Crippen LogP contribution in [-0.4, -0.2) is 11.9 Å². The van der Waals surface area contributed by atoms with Gasteiger partial charge in [0.1, 0.15) is 11.3 Å². The van der Waals surface area contributed by atoms with E-state index in [4.69, 9.17) is 20.3 Å². The van der Waals surface area contributed by atoms with E-state index in [0.29, 0.717) is 22.4 Å². The van der Waals surface area contributed by atoms with Gasteiger partial charge in [0, 0.05) is 22.7 Å². The summed E-state index contributed by atoms with van der Waals surface area (Å²) >= 11 is 0. The van der Waals surface area contributed by atoms with Crippen LogP contribution in [0.2, 0.25) is 0 Å². The Bertz CT molecular complexity index is 1020. The van der Waals surface area contributed by atoms with Crippen molar-refractivity contribution in [3.05, 3.63) is 70.1 Å². The minimum absolute atomic E-state index is 0.191. The number of hydrogen-bond acceptors (Lipinski definition) is 5. The molecule has 3 rings (SSSR count). The molecular weight excluding hydrogens is 322 g/mol. The minimum atomic E-state index is -0.553. The number of rotatable bonds is 3. The number of esters is 1. The summed E-state index contributed by atoms with van der Waals surface area (Å²) in [6, 6.07) is 12.9. The highest BCUT2D eigenvalue weighted by Gasteiger charge is 2.10. The highest BCUT2D eigenvalue weighted by Crippen LogP contribution is 2.21. The number of ether oxygens (including phenoxy) is 1. The zero-order valence-corrected chi connectivity index (χ0v) is 13.3. The number of aryl methyl sites for hydroxylation is 1. The van der Waals surface area contributed by atoms with Crippen LogP contribution in [0, 0.1) is 12.3 Å². The number of carbonyl (C=O) groups excluding carboxylic acids is 1. The summed E-state index contributed by atoms with van der Waals surface area (Å²) in [4.78, 5) is 23.8. The van der Waals surface area contributed by atoms with E-state index in [1.54, 1.807) is 49.4 Å². The van der Waals surface area contributed by atoms with Crippen molar-refractivity contribution in [1.82, 2.24) is 0 Å². The van der Waals surface area contributed by atoms with Crippen molar-refractivity contribution in [2.75, 3.05) is 5.32 Å². The number of benzene rings is 2. The molecule has 0 aliphatic rings. The van der Waals surface area contributed by atoms with Crippen molar-refractivity contribution in [3.8, 4) is 5.75 Å². The van der Waals surface area contributed by atoms with Crippen LogP contribution in [0.15, 0.2) is 57.7 Å². The molecule has 0 atom stereocenters. The fraction of sp³-hybridized carbons (Fsp3) is 0.0556. The maximum atomic E-state index is 12.2. The Morgan fingerprint density at radius 3 is 2.56 bits per heavy atom. The minimum Gasteiger partial charge on any atom is -0.423 e. The maximum absolute atomic E-state index is 12.2. The lowest BCUT2D eigenvalue weighted by Gasteiger charge is -2.07. The standard InChI is InChI=1S/C18H15N3O4/c1-10-8-12-4-7-14(9-15(12)25-16(10)22)24-17(23)11-2-5-13(6-3-11)21-18(19)20/h2-9H,1H3,(H4,19,20,21). The van der Waals surface area contributed by atoms with Gasteiger partial charge in [0.2, 0.25) is 0 Å². The molecule has 2 aromatic carbocycles. The summed E-state index contributed by atoms with van der Waals surface area (Å²) in [5.41, 5.74) is 6.60. The Hall–Kier alpha value is -3.61. The molecule has 0 aliphatic heterocycles. The van der Waals surface area contributed by atoms with Crippen LogP contribution in [0.5, 0.6) is 5.75 Å². The van der Waals surface area contributed by atoms with Gasteiger partial charge in [0.15, 0.2) is 5.96 Å². The lowest BCUT2D eigenvalue weighted by molar-refractivity contribution is 0.0735. The van der Waals surface area contributed by atoms with Gasteiger partial charge in [0.05, 0.1) is 5.56 Å². The molecule has 0 saturated carbocycles. The number of nitrogens with one attached hydrogen (secondary N) is 2. The van der Waals surface area contributed by atoms with Gasteiger partial charge in [-0.25, -0.2) is 9.59 Å². The highest BCUT2D eigenvalue weighted by atomic mass is 16.5.